The molecule has 0 radical (unpaired) electrons. The van der Waals surface area contributed by atoms with Gasteiger partial charge in [0, 0.05) is 24.0 Å². The Morgan fingerprint density at radius 1 is 1.03 bits per heavy atom. The van der Waals surface area contributed by atoms with Gasteiger partial charge in [-0.25, -0.2) is 27.8 Å². The fourth-order valence-corrected chi connectivity index (χ4v) is 4.67. The van der Waals surface area contributed by atoms with Crippen molar-refractivity contribution in [1.29, 1.82) is 0 Å². The predicted octanol–water partition coefficient (Wildman–Crippen LogP) is 3.74. The molecule has 0 atom stereocenters. The lowest BCUT2D eigenvalue weighted by molar-refractivity contribution is 0.583. The van der Waals surface area contributed by atoms with E-state index < -0.39 is 10.0 Å². The van der Waals surface area contributed by atoms with Gasteiger partial charge in [0.1, 0.15) is 11.6 Å². The van der Waals surface area contributed by atoms with Crippen molar-refractivity contribution >= 4 is 38.5 Å². The van der Waals surface area contributed by atoms with Gasteiger partial charge in [-0.1, -0.05) is 35.9 Å². The van der Waals surface area contributed by atoms with Crippen LogP contribution >= 0.6 is 11.6 Å². The molecule has 0 saturated heterocycles. The maximum Gasteiger partial charge on any atom is 0.240 e. The first-order valence-corrected chi connectivity index (χ1v) is 12.2. The normalized spacial score (nSPS) is 14.0. The fourth-order valence-electron chi connectivity index (χ4n) is 3.43. The van der Waals surface area contributed by atoms with E-state index in [1.807, 2.05) is 24.3 Å². The average molecular weight is 469 g/mol. The van der Waals surface area contributed by atoms with E-state index >= 15 is 0 Å². The minimum atomic E-state index is -3.56. The lowest BCUT2D eigenvalue weighted by Crippen LogP contribution is -2.29. The van der Waals surface area contributed by atoms with Crippen LogP contribution in [0.5, 0.6) is 0 Å². The molecule has 1 fully saturated rings. The van der Waals surface area contributed by atoms with Crippen LogP contribution in [-0.4, -0.2) is 41.3 Å². The highest BCUT2D eigenvalue weighted by atomic mass is 35.5. The van der Waals surface area contributed by atoms with Crippen molar-refractivity contribution in [2.45, 2.75) is 23.7 Å². The Morgan fingerprint density at radius 2 is 1.84 bits per heavy atom. The topological polar surface area (TPSA) is 102 Å². The van der Waals surface area contributed by atoms with E-state index in [0.717, 1.165) is 29.7 Å². The zero-order chi connectivity index (χ0) is 22.1. The third-order valence-electron chi connectivity index (χ3n) is 5.20. The Hall–Kier alpha value is -3.01. The molecule has 1 aliphatic carbocycles. The maximum absolute atomic E-state index is 12.4. The number of benzene rings is 2. The van der Waals surface area contributed by atoms with Crippen molar-refractivity contribution in [3.05, 3.63) is 71.6 Å². The van der Waals surface area contributed by atoms with Gasteiger partial charge in [-0.05, 0) is 43.2 Å². The second-order valence-electron chi connectivity index (χ2n) is 7.62. The molecule has 10 heteroatoms. The average Bonchev–Trinajstić information content (AvgIpc) is 3.56. The van der Waals surface area contributed by atoms with Crippen LogP contribution in [0.2, 0.25) is 5.02 Å². The third-order valence-corrected chi connectivity index (χ3v) is 6.92. The van der Waals surface area contributed by atoms with Gasteiger partial charge >= 0.3 is 0 Å². The molecule has 0 aliphatic heterocycles. The Morgan fingerprint density at radius 3 is 2.59 bits per heavy atom. The Labute approximate surface area is 190 Å². The van der Waals surface area contributed by atoms with Crippen LogP contribution in [0, 0.1) is 0 Å². The predicted molar refractivity (Wildman–Crippen MR) is 124 cm³/mol. The molecule has 32 heavy (non-hydrogen) atoms. The third kappa shape index (κ3) is 4.32. The van der Waals surface area contributed by atoms with Gasteiger partial charge in [0.25, 0.3) is 0 Å². The number of nitrogens with zero attached hydrogens (tertiary/aromatic N) is 4. The smallest absolute Gasteiger partial charge is 0.240 e. The van der Waals surface area contributed by atoms with Gasteiger partial charge in [-0.2, -0.15) is 5.10 Å². The Balaban J connectivity index is 1.38. The molecule has 0 spiro atoms. The van der Waals surface area contributed by atoms with Gasteiger partial charge in [0.15, 0.2) is 5.65 Å². The number of hydrogen-bond donors (Lipinski definition) is 2. The Bertz CT molecular complexity index is 1370. The molecule has 1 saturated carbocycles. The van der Waals surface area contributed by atoms with Crippen molar-refractivity contribution in [2.24, 2.45) is 0 Å². The van der Waals surface area contributed by atoms with Gasteiger partial charge in [-0.3, -0.25) is 0 Å². The highest BCUT2D eigenvalue weighted by molar-refractivity contribution is 7.89. The number of sulfonamides is 1. The van der Waals surface area contributed by atoms with E-state index in [1.54, 1.807) is 41.2 Å². The van der Waals surface area contributed by atoms with Crippen molar-refractivity contribution in [3.8, 4) is 5.69 Å². The van der Waals surface area contributed by atoms with Crippen LogP contribution in [0.25, 0.3) is 16.7 Å². The van der Waals surface area contributed by atoms with E-state index in [1.165, 1.54) is 0 Å². The summed E-state index contributed by atoms with van der Waals surface area (Å²) in [7, 11) is -3.56. The van der Waals surface area contributed by atoms with Gasteiger partial charge in [0.05, 0.1) is 22.2 Å². The number of aromatic nitrogens is 4. The highest BCUT2D eigenvalue weighted by Crippen LogP contribution is 2.39. The van der Waals surface area contributed by atoms with E-state index in [9.17, 15) is 8.42 Å². The van der Waals surface area contributed by atoms with Crippen LogP contribution in [0.3, 0.4) is 0 Å². The summed E-state index contributed by atoms with van der Waals surface area (Å²) < 4.78 is 29.2. The molecular weight excluding hydrogens is 448 g/mol. The molecule has 0 amide bonds. The van der Waals surface area contributed by atoms with E-state index in [2.05, 4.69) is 15.1 Å². The summed E-state index contributed by atoms with van der Waals surface area (Å²) >= 11 is 6.16. The van der Waals surface area contributed by atoms with Crippen molar-refractivity contribution in [2.75, 3.05) is 18.4 Å². The largest absolute Gasteiger partial charge is 0.368 e. The lowest BCUT2D eigenvalue weighted by atomic mass is 10.3. The highest BCUT2D eigenvalue weighted by Gasteiger charge is 2.28. The van der Waals surface area contributed by atoms with Crippen molar-refractivity contribution in [3.63, 3.8) is 0 Å². The second-order valence-corrected chi connectivity index (χ2v) is 9.82. The van der Waals surface area contributed by atoms with Crippen LogP contribution in [0.4, 0.5) is 5.82 Å². The molecule has 2 aromatic heterocycles. The van der Waals surface area contributed by atoms with Gasteiger partial charge in [0.2, 0.25) is 10.0 Å². The number of anilines is 1. The maximum atomic E-state index is 12.4. The number of halogens is 1. The summed E-state index contributed by atoms with van der Waals surface area (Å²) in [6, 6.07) is 15.7. The molecule has 164 valence electrons. The van der Waals surface area contributed by atoms with Crippen LogP contribution in [-0.2, 0) is 10.0 Å². The minimum absolute atomic E-state index is 0.212. The van der Waals surface area contributed by atoms with E-state index in [-0.39, 0.29) is 11.4 Å². The first kappa shape index (κ1) is 20.9. The monoisotopic (exact) mass is 468 g/mol. The van der Waals surface area contributed by atoms with E-state index in [0.29, 0.717) is 29.0 Å². The first-order valence-electron chi connectivity index (χ1n) is 10.3. The lowest BCUT2D eigenvalue weighted by Gasteiger charge is -2.11. The standard InChI is InChI=1S/C22H21ClN6O2S/c23-16-5-4-6-17(13-16)29-22-19(14-25-29)21(27-20(28-22)15-9-10-15)24-11-12-26-32(30,31)18-7-2-1-3-8-18/h1-8,13-15,26H,9-12H2,(H,24,27,28). The SMILES string of the molecule is O=S(=O)(NCCNc1nc(C2CC2)nc2c1cnn2-c1cccc(Cl)c1)c1ccccc1. The number of hydrogen-bond acceptors (Lipinski definition) is 6. The molecule has 0 unspecified atom stereocenters. The summed E-state index contributed by atoms with van der Waals surface area (Å²) in [6.07, 6.45) is 3.84. The fraction of sp³-hybridized carbons (Fsp3) is 0.227. The first-order chi connectivity index (χ1) is 15.5. The molecule has 2 heterocycles. The van der Waals surface area contributed by atoms with Crippen molar-refractivity contribution in [1.82, 2.24) is 24.5 Å². The van der Waals surface area contributed by atoms with Gasteiger partial charge < -0.3 is 5.32 Å². The molecular formula is C22H21ClN6O2S. The summed E-state index contributed by atoms with van der Waals surface area (Å²) in [4.78, 5) is 9.71. The quantitative estimate of drug-likeness (QED) is 0.382. The number of nitrogens with one attached hydrogen (secondary N) is 2. The summed E-state index contributed by atoms with van der Waals surface area (Å²) in [5.41, 5.74) is 1.51. The zero-order valence-corrected chi connectivity index (χ0v) is 18.6. The zero-order valence-electron chi connectivity index (χ0n) is 17.1. The molecule has 1 aliphatic rings. The van der Waals surface area contributed by atoms with Crippen LogP contribution in [0.1, 0.15) is 24.6 Å². The Kier molecular flexibility index (Phi) is 5.54. The summed E-state index contributed by atoms with van der Waals surface area (Å²) in [5.74, 6) is 1.76. The molecule has 4 aromatic rings. The molecule has 0 bridgehead atoms. The van der Waals surface area contributed by atoms with Gasteiger partial charge in [-0.15, -0.1) is 0 Å². The molecule has 5 rings (SSSR count). The minimum Gasteiger partial charge on any atom is -0.368 e. The van der Waals surface area contributed by atoms with Crippen molar-refractivity contribution < 1.29 is 8.42 Å². The van der Waals surface area contributed by atoms with Crippen LogP contribution < -0.4 is 10.0 Å². The number of fused-ring (bicyclic) bond motifs is 1. The van der Waals surface area contributed by atoms with Crippen LogP contribution in [0.15, 0.2) is 65.7 Å². The number of rotatable bonds is 8. The molecule has 2 N–H and O–H groups in total. The molecule has 8 nitrogen and oxygen atoms in total. The summed E-state index contributed by atoms with van der Waals surface area (Å²) in [5, 5.41) is 9.13. The van der Waals surface area contributed by atoms with E-state index in [4.69, 9.17) is 21.6 Å². The summed E-state index contributed by atoms with van der Waals surface area (Å²) in [6.45, 7) is 0.578. The molecule has 2 aromatic carbocycles. The second kappa shape index (κ2) is 8.50.